The lowest BCUT2D eigenvalue weighted by Crippen LogP contribution is -3.11. The molecule has 7 heteroatoms. The molecule has 1 aliphatic heterocycles. The Balaban J connectivity index is 1.77. The molecular formula is C21H35N4O3+. The van der Waals surface area contributed by atoms with Crippen LogP contribution >= 0.6 is 0 Å². The van der Waals surface area contributed by atoms with Crippen molar-refractivity contribution in [2.24, 2.45) is 0 Å². The number of carbonyl (C=O) groups excluding carboxylic acids is 2. The summed E-state index contributed by atoms with van der Waals surface area (Å²) in [6.45, 7) is 10.3. The molecule has 0 radical (unpaired) electrons. The van der Waals surface area contributed by atoms with Gasteiger partial charge in [0.05, 0.1) is 32.8 Å². The molecule has 1 aliphatic rings. The highest BCUT2D eigenvalue weighted by Crippen LogP contribution is 2.25. The molecule has 0 spiro atoms. The van der Waals surface area contributed by atoms with Gasteiger partial charge >= 0.3 is 6.03 Å². The van der Waals surface area contributed by atoms with E-state index in [9.17, 15) is 9.59 Å². The van der Waals surface area contributed by atoms with Crippen LogP contribution in [0.2, 0.25) is 0 Å². The summed E-state index contributed by atoms with van der Waals surface area (Å²) >= 11 is 0. The van der Waals surface area contributed by atoms with Gasteiger partial charge in [0.15, 0.2) is 0 Å². The van der Waals surface area contributed by atoms with Crippen molar-refractivity contribution in [1.29, 1.82) is 0 Å². The normalized spacial score (nSPS) is 17.7. The molecule has 3 amide bonds. The highest BCUT2D eigenvalue weighted by atomic mass is 16.5. The lowest BCUT2D eigenvalue weighted by atomic mass is 10.2. The largest absolute Gasteiger partial charge is 0.497 e. The maximum Gasteiger partial charge on any atom is 0.315 e. The van der Waals surface area contributed by atoms with Gasteiger partial charge in [-0.15, -0.1) is 0 Å². The topological polar surface area (TPSA) is 75.1 Å². The van der Waals surface area contributed by atoms with Crippen molar-refractivity contribution in [3.8, 4) is 5.75 Å². The summed E-state index contributed by atoms with van der Waals surface area (Å²) in [6.07, 6.45) is 2.35. The van der Waals surface area contributed by atoms with Gasteiger partial charge in [-0.1, -0.05) is 6.07 Å². The molecule has 7 nitrogen and oxygen atoms in total. The fraction of sp³-hybridized carbons (Fsp3) is 0.619. The molecule has 0 aliphatic carbocycles. The van der Waals surface area contributed by atoms with E-state index in [0.29, 0.717) is 18.7 Å². The maximum absolute atomic E-state index is 12.4. The summed E-state index contributed by atoms with van der Waals surface area (Å²) < 4.78 is 5.23. The quantitative estimate of drug-likeness (QED) is 0.561. The predicted octanol–water partition coefficient (Wildman–Crippen LogP) is 1.19. The Morgan fingerprint density at radius 2 is 2.11 bits per heavy atom. The summed E-state index contributed by atoms with van der Waals surface area (Å²) in [6, 6.07) is 7.14. The fourth-order valence-corrected chi connectivity index (χ4v) is 3.62. The minimum atomic E-state index is -0.201. The van der Waals surface area contributed by atoms with E-state index in [0.717, 1.165) is 38.2 Å². The van der Waals surface area contributed by atoms with Crippen molar-refractivity contribution in [3.05, 3.63) is 24.3 Å². The van der Waals surface area contributed by atoms with Crippen LogP contribution < -0.4 is 25.2 Å². The molecule has 28 heavy (non-hydrogen) atoms. The Kier molecular flexibility index (Phi) is 8.57. The second-order valence-electron chi connectivity index (χ2n) is 7.48. The number of anilines is 1. The summed E-state index contributed by atoms with van der Waals surface area (Å²) in [5.41, 5.74) is 0.793. The van der Waals surface area contributed by atoms with Crippen LogP contribution in [0.5, 0.6) is 5.75 Å². The number of benzene rings is 1. The van der Waals surface area contributed by atoms with Crippen molar-refractivity contribution in [1.82, 2.24) is 10.6 Å². The number of carbonyl (C=O) groups is 2. The minimum Gasteiger partial charge on any atom is -0.497 e. The highest BCUT2D eigenvalue weighted by Gasteiger charge is 2.31. The molecule has 2 atom stereocenters. The summed E-state index contributed by atoms with van der Waals surface area (Å²) in [5.74, 6) is 0.716. The number of nitrogens with one attached hydrogen (secondary N) is 3. The average Bonchev–Trinajstić information content (AvgIpc) is 3.05. The first-order valence-electron chi connectivity index (χ1n) is 10.3. The molecule has 0 saturated carbocycles. The van der Waals surface area contributed by atoms with E-state index in [1.54, 1.807) is 16.9 Å². The lowest BCUT2D eigenvalue weighted by Gasteiger charge is -2.20. The standard InChI is InChI=1S/C21H34N4O3/c1-5-24(6-2)12-8-9-16(3)22-21(27)23-17-13-20(26)25(15-17)18-10-7-11-19(14-18)28-4/h7,10-11,14,16-17H,5-6,8-9,12-13,15H2,1-4H3,(H2,22,23,27)/p+1/t16-,17-/m0/s1. The zero-order valence-electron chi connectivity index (χ0n) is 17.6. The number of amides is 3. The van der Waals surface area contributed by atoms with Gasteiger partial charge in [-0.05, 0) is 45.7 Å². The zero-order valence-corrected chi connectivity index (χ0v) is 17.6. The van der Waals surface area contributed by atoms with Gasteiger partial charge in [-0.3, -0.25) is 4.79 Å². The predicted molar refractivity (Wildman–Crippen MR) is 111 cm³/mol. The van der Waals surface area contributed by atoms with Gasteiger partial charge in [0.25, 0.3) is 0 Å². The van der Waals surface area contributed by atoms with Crippen molar-refractivity contribution >= 4 is 17.6 Å². The Bertz CT molecular complexity index is 648. The fourth-order valence-electron chi connectivity index (χ4n) is 3.62. The third-order valence-corrected chi connectivity index (χ3v) is 5.37. The van der Waals surface area contributed by atoms with E-state index in [4.69, 9.17) is 4.74 Å². The van der Waals surface area contributed by atoms with Crippen LogP contribution in [0.25, 0.3) is 0 Å². The number of urea groups is 1. The molecule has 1 saturated heterocycles. The van der Waals surface area contributed by atoms with Gasteiger partial charge in [-0.2, -0.15) is 0 Å². The monoisotopic (exact) mass is 391 g/mol. The maximum atomic E-state index is 12.4. The van der Waals surface area contributed by atoms with Crippen LogP contribution in [0.3, 0.4) is 0 Å². The van der Waals surface area contributed by atoms with Gasteiger partial charge < -0.3 is 25.2 Å². The molecule has 156 valence electrons. The summed E-state index contributed by atoms with van der Waals surface area (Å²) in [4.78, 5) is 27.9. The highest BCUT2D eigenvalue weighted by molar-refractivity contribution is 5.97. The number of ether oxygens (including phenoxy) is 1. The van der Waals surface area contributed by atoms with Gasteiger partial charge in [0.2, 0.25) is 5.91 Å². The van der Waals surface area contributed by atoms with E-state index in [-0.39, 0.29) is 24.0 Å². The van der Waals surface area contributed by atoms with Crippen molar-refractivity contribution in [3.63, 3.8) is 0 Å². The van der Waals surface area contributed by atoms with Crippen molar-refractivity contribution < 1.29 is 19.2 Å². The third-order valence-electron chi connectivity index (χ3n) is 5.37. The van der Waals surface area contributed by atoms with Crippen molar-refractivity contribution in [2.75, 3.05) is 38.2 Å². The molecular weight excluding hydrogens is 356 g/mol. The zero-order chi connectivity index (χ0) is 20.5. The average molecular weight is 392 g/mol. The Labute approximate surface area is 168 Å². The first-order chi connectivity index (χ1) is 13.5. The number of nitrogens with zero attached hydrogens (tertiary/aromatic N) is 1. The Hall–Kier alpha value is -2.28. The molecule has 3 N–H and O–H groups in total. The number of quaternary nitrogens is 1. The third kappa shape index (κ3) is 6.41. The van der Waals surface area contributed by atoms with E-state index in [2.05, 4.69) is 24.5 Å². The van der Waals surface area contributed by atoms with Crippen LogP contribution in [-0.4, -0.2) is 57.3 Å². The summed E-state index contributed by atoms with van der Waals surface area (Å²) in [5, 5.41) is 5.94. The Morgan fingerprint density at radius 3 is 2.79 bits per heavy atom. The van der Waals surface area contributed by atoms with Crippen LogP contribution in [0.15, 0.2) is 24.3 Å². The molecule has 1 fully saturated rings. The van der Waals surface area contributed by atoms with Crippen LogP contribution in [0.1, 0.15) is 40.0 Å². The second-order valence-corrected chi connectivity index (χ2v) is 7.48. The van der Waals surface area contributed by atoms with Crippen LogP contribution in [0, 0.1) is 0 Å². The second kappa shape index (κ2) is 10.9. The van der Waals surface area contributed by atoms with Gasteiger partial charge in [0, 0.05) is 30.8 Å². The van der Waals surface area contributed by atoms with E-state index in [1.807, 2.05) is 31.2 Å². The lowest BCUT2D eigenvalue weighted by molar-refractivity contribution is -0.896. The molecule has 0 aromatic heterocycles. The number of rotatable bonds is 10. The molecule has 1 heterocycles. The van der Waals surface area contributed by atoms with Gasteiger partial charge in [-0.25, -0.2) is 4.79 Å². The number of hydrogen-bond donors (Lipinski definition) is 3. The molecule has 0 unspecified atom stereocenters. The van der Waals surface area contributed by atoms with E-state index < -0.39 is 0 Å². The van der Waals surface area contributed by atoms with Crippen LogP contribution in [0.4, 0.5) is 10.5 Å². The summed E-state index contributed by atoms with van der Waals surface area (Å²) in [7, 11) is 1.60. The first-order valence-corrected chi connectivity index (χ1v) is 10.3. The molecule has 1 aromatic carbocycles. The number of hydrogen-bond acceptors (Lipinski definition) is 3. The SMILES string of the molecule is CC[NH+](CC)CCC[C@H](C)NC(=O)N[C@H]1CC(=O)N(c2cccc(OC)c2)C1. The first kappa shape index (κ1) is 22.0. The molecule has 1 aromatic rings. The van der Waals surface area contributed by atoms with E-state index in [1.165, 1.54) is 0 Å². The molecule has 2 rings (SSSR count). The van der Waals surface area contributed by atoms with Gasteiger partial charge in [0.1, 0.15) is 5.75 Å². The van der Waals surface area contributed by atoms with E-state index >= 15 is 0 Å². The molecule has 0 bridgehead atoms. The minimum absolute atomic E-state index is 0.00815. The Morgan fingerprint density at radius 1 is 1.36 bits per heavy atom. The van der Waals surface area contributed by atoms with Crippen molar-refractivity contribution in [2.45, 2.75) is 52.1 Å². The number of methoxy groups -OCH3 is 1. The van der Waals surface area contributed by atoms with Crippen LogP contribution in [-0.2, 0) is 4.79 Å². The smallest absolute Gasteiger partial charge is 0.315 e.